The van der Waals surface area contributed by atoms with Gasteiger partial charge in [0.25, 0.3) is 5.91 Å². The number of carboxylic acids is 1. The monoisotopic (exact) mass is 1030 g/mol. The fraction of sp³-hybridized carbons (Fsp3) is 0.400. The highest BCUT2D eigenvalue weighted by Crippen LogP contribution is 2.46. The molecule has 2 saturated heterocycles. The molecule has 5 amide bonds. The summed E-state index contributed by atoms with van der Waals surface area (Å²) in [5.41, 5.74) is 3.79. The molecule has 6 N–H and O–H groups in total. The summed E-state index contributed by atoms with van der Waals surface area (Å²) < 4.78 is 27.0. The van der Waals surface area contributed by atoms with Crippen molar-refractivity contribution in [3.8, 4) is 16.2 Å². The van der Waals surface area contributed by atoms with Crippen LogP contribution in [0.1, 0.15) is 96.9 Å². The number of hydrogen-bond acceptors (Lipinski definition) is 13. The Labute approximate surface area is 421 Å². The fourth-order valence-corrected chi connectivity index (χ4v) is 11.8. The van der Waals surface area contributed by atoms with Gasteiger partial charge in [-0.2, -0.15) is 0 Å². The van der Waals surface area contributed by atoms with Crippen molar-refractivity contribution in [1.82, 2.24) is 19.8 Å². The third kappa shape index (κ3) is 13.7. The Morgan fingerprint density at radius 3 is 2.42 bits per heavy atom. The van der Waals surface area contributed by atoms with Crippen LogP contribution >= 0.6 is 22.9 Å². The zero-order chi connectivity index (χ0) is 51.0. The number of esters is 1. The zero-order valence-corrected chi connectivity index (χ0v) is 42.1. The van der Waals surface area contributed by atoms with Gasteiger partial charge in [0, 0.05) is 83.0 Å². The predicted octanol–water partition coefficient (Wildman–Crippen LogP) is 6.29. The first-order valence-corrected chi connectivity index (χ1v) is 26.3. The number of carbonyl (C=O) groups excluding carboxylic acids is 6. The SMILES string of the molecule is C=S(=O)(Cc1cccc(NC(=O)CCCCNC(=O)CNc2cccc3c2CN(C2CCC(=O)NC2=O)C3=O)c1)N1CCC(Nc2cccc(-c3sc(C(=O)OC(C)(C)C)c(OCC(=O)O)c3Cl)c2)CC1. The van der Waals surface area contributed by atoms with Crippen molar-refractivity contribution >= 4 is 97.1 Å². The van der Waals surface area contributed by atoms with Crippen LogP contribution in [0.25, 0.3) is 10.4 Å². The van der Waals surface area contributed by atoms with Gasteiger partial charge < -0.3 is 40.7 Å². The number of benzene rings is 3. The number of halogens is 1. The average Bonchev–Trinajstić information content (AvgIpc) is 3.82. The Bertz CT molecular complexity index is 2820. The van der Waals surface area contributed by atoms with Crippen molar-refractivity contribution in [2.24, 2.45) is 0 Å². The second kappa shape index (κ2) is 22.7. The summed E-state index contributed by atoms with van der Waals surface area (Å²) in [5, 5.41) is 24.1. The Morgan fingerprint density at radius 2 is 1.69 bits per heavy atom. The zero-order valence-electron chi connectivity index (χ0n) is 39.7. The van der Waals surface area contributed by atoms with E-state index in [4.69, 9.17) is 21.1 Å². The van der Waals surface area contributed by atoms with E-state index in [1.807, 2.05) is 34.6 Å². The van der Waals surface area contributed by atoms with E-state index in [0.717, 1.165) is 22.6 Å². The first-order chi connectivity index (χ1) is 33.7. The molecule has 0 bridgehead atoms. The molecule has 0 aliphatic carbocycles. The number of thiophene rings is 1. The molecule has 71 heavy (non-hydrogen) atoms. The maximum Gasteiger partial charge on any atom is 0.352 e. The van der Waals surface area contributed by atoms with Gasteiger partial charge in [-0.15, -0.1) is 11.3 Å². The van der Waals surface area contributed by atoms with Crippen LogP contribution in [-0.4, -0.2) is 116 Å². The van der Waals surface area contributed by atoms with E-state index in [1.165, 1.54) is 4.90 Å². The Hall–Kier alpha value is -6.48. The molecule has 3 aliphatic heterocycles. The van der Waals surface area contributed by atoms with Crippen LogP contribution in [0, 0.1) is 0 Å². The summed E-state index contributed by atoms with van der Waals surface area (Å²) >= 11 is 7.78. The second-order valence-corrected chi connectivity index (χ2v) is 22.3. The number of rotatable bonds is 20. The standard InChI is InChI=1S/C50H58ClN7O11S2/c1-50(2,3)69-49(66)46-44(68-28-42(62)63)43(51)45(70-46)31-11-8-13-34(25-31)54-32-19-22-57(23-20-32)71(4,67)29-30-10-7-12-33(24-30)55-39(59)16-5-6-21-52-41(61)26-53-37-15-9-14-35-36(37)27-58(48(35)65)38-17-18-40(60)56-47(38)64/h7-15,24-25,32,38,53-54H,4-6,16-23,26-29H2,1-3H3,(H,52,61)(H,55,59)(H,62,63)(H,56,60,64). The van der Waals surface area contributed by atoms with E-state index in [2.05, 4.69) is 32.5 Å². The predicted molar refractivity (Wildman–Crippen MR) is 273 cm³/mol. The second-order valence-electron chi connectivity index (χ2n) is 18.6. The molecule has 378 valence electrons. The van der Waals surface area contributed by atoms with E-state index < -0.39 is 45.8 Å². The minimum atomic E-state index is -2.70. The molecule has 2 unspecified atom stereocenters. The van der Waals surface area contributed by atoms with Gasteiger partial charge >= 0.3 is 11.9 Å². The van der Waals surface area contributed by atoms with Crippen LogP contribution in [0.3, 0.4) is 0 Å². The van der Waals surface area contributed by atoms with Gasteiger partial charge in [0.05, 0.1) is 17.2 Å². The number of carboxylic acid groups (broad SMARTS) is 1. The van der Waals surface area contributed by atoms with Crippen LogP contribution in [0.2, 0.25) is 5.02 Å². The molecule has 1 aromatic heterocycles. The number of imide groups is 1. The fourth-order valence-electron chi connectivity index (χ4n) is 8.56. The summed E-state index contributed by atoms with van der Waals surface area (Å²) in [5.74, 6) is 0.804. The molecule has 0 saturated carbocycles. The van der Waals surface area contributed by atoms with Gasteiger partial charge in [-0.25, -0.2) is 13.9 Å². The van der Waals surface area contributed by atoms with E-state index >= 15 is 0 Å². The van der Waals surface area contributed by atoms with Crippen LogP contribution in [0.4, 0.5) is 17.1 Å². The van der Waals surface area contributed by atoms with Crippen molar-refractivity contribution in [2.75, 3.05) is 48.7 Å². The number of aliphatic carboxylic acids is 1. The molecular formula is C50H58ClN7O11S2. The third-order valence-corrected chi connectivity index (χ3v) is 15.7. The molecule has 4 aromatic rings. The highest BCUT2D eigenvalue weighted by Gasteiger charge is 2.40. The Morgan fingerprint density at radius 1 is 0.958 bits per heavy atom. The number of piperidine rings is 2. The highest BCUT2D eigenvalue weighted by atomic mass is 35.5. The lowest BCUT2D eigenvalue weighted by molar-refractivity contribution is -0.139. The molecule has 2 fully saturated rings. The molecular weight excluding hydrogens is 974 g/mol. The molecule has 0 radical (unpaired) electrons. The van der Waals surface area contributed by atoms with E-state index in [9.17, 15) is 42.9 Å². The summed E-state index contributed by atoms with van der Waals surface area (Å²) in [4.78, 5) is 89.2. The number of unbranched alkanes of at least 4 members (excludes halogenated alkanes) is 1. The first-order valence-electron chi connectivity index (χ1n) is 23.3. The number of ether oxygens (including phenoxy) is 2. The van der Waals surface area contributed by atoms with Gasteiger partial charge in [0.15, 0.2) is 17.2 Å². The van der Waals surface area contributed by atoms with Crippen molar-refractivity contribution in [3.63, 3.8) is 0 Å². The molecule has 4 heterocycles. The molecule has 2 atom stereocenters. The average molecular weight is 1030 g/mol. The summed E-state index contributed by atoms with van der Waals surface area (Å²) in [6.45, 7) is 6.07. The summed E-state index contributed by atoms with van der Waals surface area (Å²) in [6, 6.07) is 19.2. The number of amides is 5. The van der Waals surface area contributed by atoms with E-state index in [1.54, 1.807) is 57.2 Å². The maximum absolute atomic E-state index is 14.0. The Kier molecular flexibility index (Phi) is 16.8. The van der Waals surface area contributed by atoms with Crippen molar-refractivity contribution < 1.29 is 52.4 Å². The summed E-state index contributed by atoms with van der Waals surface area (Å²) in [7, 11) is -2.70. The number of nitrogens with one attached hydrogen (secondary N) is 5. The third-order valence-electron chi connectivity index (χ3n) is 11.9. The highest BCUT2D eigenvalue weighted by molar-refractivity contribution is 7.97. The lowest BCUT2D eigenvalue weighted by Gasteiger charge is -2.34. The molecule has 3 aromatic carbocycles. The van der Waals surface area contributed by atoms with Crippen LogP contribution in [-0.2, 0) is 50.7 Å². The van der Waals surface area contributed by atoms with E-state index in [-0.39, 0.29) is 83.4 Å². The van der Waals surface area contributed by atoms with Crippen LogP contribution in [0.5, 0.6) is 5.75 Å². The van der Waals surface area contributed by atoms with Crippen LogP contribution in [0.15, 0.2) is 66.7 Å². The molecule has 0 spiro atoms. The first kappa shape index (κ1) is 52.3. The normalized spacial score (nSPS) is 17.2. The van der Waals surface area contributed by atoms with E-state index in [0.29, 0.717) is 78.3 Å². The van der Waals surface area contributed by atoms with Gasteiger partial charge in [-0.05, 0) is 106 Å². The lowest BCUT2D eigenvalue weighted by atomic mass is 10.0. The van der Waals surface area contributed by atoms with Gasteiger partial charge in [0.1, 0.15) is 16.7 Å². The quantitative estimate of drug-likeness (QED) is 0.0247. The van der Waals surface area contributed by atoms with Crippen LogP contribution < -0.4 is 31.3 Å². The molecule has 21 heteroatoms. The molecule has 7 rings (SSSR count). The minimum Gasteiger partial charge on any atom is -0.479 e. The number of anilines is 3. The summed E-state index contributed by atoms with van der Waals surface area (Å²) in [6.07, 6.45) is 3.12. The molecule has 3 aliphatic rings. The Balaban J connectivity index is 0.825. The van der Waals surface area contributed by atoms with Crippen molar-refractivity contribution in [3.05, 3.63) is 93.3 Å². The topological polar surface area (TPSA) is 242 Å². The van der Waals surface area contributed by atoms with Crippen molar-refractivity contribution in [1.29, 1.82) is 0 Å². The minimum absolute atomic E-state index is 0.0409. The lowest BCUT2D eigenvalue weighted by Crippen LogP contribution is -2.52. The maximum atomic E-state index is 14.0. The number of hydrogen-bond donors (Lipinski definition) is 6. The van der Waals surface area contributed by atoms with Gasteiger partial charge in [-0.1, -0.05) is 41.9 Å². The molecule has 18 nitrogen and oxygen atoms in total. The largest absolute Gasteiger partial charge is 0.479 e. The van der Waals surface area contributed by atoms with Gasteiger partial charge in [0.2, 0.25) is 23.6 Å². The van der Waals surface area contributed by atoms with Crippen molar-refractivity contribution in [2.45, 2.75) is 95.7 Å². The number of fused-ring (bicyclic) bond motifs is 1. The number of nitrogens with zero attached hydrogens (tertiary/aromatic N) is 2. The van der Waals surface area contributed by atoms with Gasteiger partial charge in [-0.3, -0.25) is 33.5 Å². The smallest absolute Gasteiger partial charge is 0.352 e. The number of carbonyl (C=O) groups is 7.